The van der Waals surface area contributed by atoms with E-state index in [1.54, 1.807) is 0 Å². The number of amides is 1. The molecule has 1 aromatic heterocycles. The van der Waals surface area contributed by atoms with E-state index in [4.69, 9.17) is 0 Å². The molecule has 0 aliphatic heterocycles. The van der Waals surface area contributed by atoms with E-state index in [1.807, 2.05) is 19.3 Å². The van der Waals surface area contributed by atoms with Crippen LogP contribution in [0, 0.1) is 0 Å². The van der Waals surface area contributed by atoms with Gasteiger partial charge in [-0.15, -0.1) is 0 Å². The van der Waals surface area contributed by atoms with E-state index in [1.165, 1.54) is 25.0 Å². The quantitative estimate of drug-likeness (QED) is 0.681. The Labute approximate surface area is 110 Å². The lowest BCUT2D eigenvalue weighted by molar-refractivity contribution is -0.132. The largest absolute Gasteiger partial charge is 0.353 e. The molecule has 18 heavy (non-hydrogen) atoms. The number of unbranched alkanes of at least 4 members (excludes halogenated alkanes) is 2. The summed E-state index contributed by atoms with van der Waals surface area (Å²) in [6.07, 6.45) is 8.50. The summed E-state index contributed by atoms with van der Waals surface area (Å²) in [6.45, 7) is 2.95. The summed E-state index contributed by atoms with van der Waals surface area (Å²) in [5.41, 5.74) is 1.23. The number of hydrogen-bond donors (Lipinski definition) is 0. The lowest BCUT2D eigenvalue weighted by atomic mass is 10.2. The first-order chi connectivity index (χ1) is 8.72. The summed E-state index contributed by atoms with van der Waals surface area (Å²) in [5, 5.41) is 0. The van der Waals surface area contributed by atoms with Crippen LogP contribution < -0.4 is 0 Å². The average molecular weight is 248 g/mol. The predicted molar refractivity (Wildman–Crippen MR) is 73.1 cm³/mol. The maximum Gasteiger partial charge on any atom is 0.223 e. The van der Waals surface area contributed by atoms with Gasteiger partial charge in [-0.25, -0.2) is 0 Å². The van der Waals surface area contributed by atoms with Crippen LogP contribution in [0.5, 0.6) is 0 Å². The van der Waals surface area contributed by atoms with Crippen LogP contribution in [0.15, 0.2) is 18.3 Å². The minimum atomic E-state index is 0.340. The van der Waals surface area contributed by atoms with Crippen LogP contribution >= 0.6 is 0 Å². The van der Waals surface area contributed by atoms with Crippen LogP contribution in [-0.4, -0.2) is 21.4 Å². The van der Waals surface area contributed by atoms with Crippen molar-refractivity contribution in [2.45, 2.75) is 58.0 Å². The van der Waals surface area contributed by atoms with E-state index in [9.17, 15) is 4.79 Å². The van der Waals surface area contributed by atoms with Crippen molar-refractivity contribution in [3.63, 3.8) is 0 Å². The van der Waals surface area contributed by atoms with Crippen molar-refractivity contribution >= 4 is 5.91 Å². The van der Waals surface area contributed by atoms with Gasteiger partial charge in [-0.2, -0.15) is 0 Å². The molecule has 0 radical (unpaired) electrons. The average Bonchev–Trinajstić information content (AvgIpc) is 3.11. The highest BCUT2D eigenvalue weighted by Crippen LogP contribution is 2.29. The highest BCUT2D eigenvalue weighted by molar-refractivity contribution is 5.76. The lowest BCUT2D eigenvalue weighted by Gasteiger charge is -2.23. The monoisotopic (exact) mass is 248 g/mol. The fourth-order valence-electron chi connectivity index (χ4n) is 2.31. The van der Waals surface area contributed by atoms with Gasteiger partial charge < -0.3 is 9.47 Å². The van der Waals surface area contributed by atoms with Gasteiger partial charge >= 0.3 is 0 Å². The number of carbonyl (C=O) groups is 1. The molecule has 100 valence electrons. The molecule has 0 bridgehead atoms. The van der Waals surface area contributed by atoms with E-state index in [2.05, 4.69) is 22.5 Å². The Morgan fingerprint density at radius 3 is 2.78 bits per heavy atom. The molecule has 1 heterocycles. The van der Waals surface area contributed by atoms with Gasteiger partial charge in [0, 0.05) is 31.4 Å². The number of carbonyl (C=O) groups excluding carboxylic acids is 1. The second-order valence-electron chi connectivity index (χ2n) is 5.32. The molecule has 1 aromatic rings. The summed E-state index contributed by atoms with van der Waals surface area (Å²) in [5.74, 6) is 0.340. The normalized spacial score (nSPS) is 14.8. The van der Waals surface area contributed by atoms with Crippen LogP contribution in [0.25, 0.3) is 0 Å². The Morgan fingerprint density at radius 1 is 1.44 bits per heavy atom. The number of aryl methyl sites for hydroxylation is 1. The fourth-order valence-corrected chi connectivity index (χ4v) is 2.31. The Kier molecular flexibility index (Phi) is 4.45. The lowest BCUT2D eigenvalue weighted by Crippen LogP contribution is -2.33. The molecule has 0 saturated heterocycles. The van der Waals surface area contributed by atoms with Crippen molar-refractivity contribution in [3.05, 3.63) is 24.0 Å². The molecule has 0 N–H and O–H groups in total. The molecule has 1 aliphatic rings. The summed E-state index contributed by atoms with van der Waals surface area (Å²) < 4.78 is 2.11. The molecule has 1 saturated carbocycles. The van der Waals surface area contributed by atoms with Crippen LogP contribution in [0.3, 0.4) is 0 Å². The second kappa shape index (κ2) is 6.07. The molecule has 1 aliphatic carbocycles. The molecule has 0 aromatic carbocycles. The van der Waals surface area contributed by atoms with Gasteiger partial charge in [0.25, 0.3) is 0 Å². The van der Waals surface area contributed by atoms with Crippen molar-refractivity contribution in [1.82, 2.24) is 9.47 Å². The van der Waals surface area contributed by atoms with Crippen molar-refractivity contribution in [2.24, 2.45) is 7.05 Å². The minimum Gasteiger partial charge on any atom is -0.353 e. The zero-order chi connectivity index (χ0) is 13.0. The van der Waals surface area contributed by atoms with Crippen LogP contribution in [0.1, 0.15) is 51.1 Å². The summed E-state index contributed by atoms with van der Waals surface area (Å²) in [7, 11) is 2.04. The van der Waals surface area contributed by atoms with Crippen LogP contribution in [0.4, 0.5) is 0 Å². The molecule has 0 unspecified atom stereocenters. The van der Waals surface area contributed by atoms with Crippen molar-refractivity contribution < 1.29 is 4.79 Å². The van der Waals surface area contributed by atoms with E-state index >= 15 is 0 Å². The maximum absolute atomic E-state index is 12.3. The Morgan fingerprint density at radius 2 is 2.22 bits per heavy atom. The smallest absolute Gasteiger partial charge is 0.223 e. The van der Waals surface area contributed by atoms with Gasteiger partial charge in [-0.05, 0) is 31.4 Å². The third-order valence-electron chi connectivity index (χ3n) is 3.69. The Hall–Kier alpha value is -1.25. The number of hydrogen-bond acceptors (Lipinski definition) is 1. The molecule has 1 amide bonds. The summed E-state index contributed by atoms with van der Waals surface area (Å²) in [6, 6.07) is 4.66. The van der Waals surface area contributed by atoms with E-state index < -0.39 is 0 Å². The van der Waals surface area contributed by atoms with Gasteiger partial charge in [0.05, 0.1) is 6.54 Å². The fraction of sp³-hybridized carbons (Fsp3) is 0.667. The zero-order valence-corrected chi connectivity index (χ0v) is 11.6. The van der Waals surface area contributed by atoms with Crippen molar-refractivity contribution in [3.8, 4) is 0 Å². The van der Waals surface area contributed by atoms with E-state index in [0.29, 0.717) is 11.9 Å². The molecular formula is C15H24N2O. The first kappa shape index (κ1) is 13.2. The molecular weight excluding hydrogens is 224 g/mol. The molecule has 2 rings (SSSR count). The molecule has 3 nitrogen and oxygen atoms in total. The summed E-state index contributed by atoms with van der Waals surface area (Å²) >= 11 is 0. The predicted octanol–water partition coefficient (Wildman–Crippen LogP) is 3.10. The van der Waals surface area contributed by atoms with Gasteiger partial charge in [-0.1, -0.05) is 19.8 Å². The van der Waals surface area contributed by atoms with Gasteiger partial charge in [0.1, 0.15) is 0 Å². The second-order valence-corrected chi connectivity index (χ2v) is 5.32. The molecule has 1 fully saturated rings. The topological polar surface area (TPSA) is 25.2 Å². The Bertz CT molecular complexity index is 393. The van der Waals surface area contributed by atoms with Crippen LogP contribution in [-0.2, 0) is 18.4 Å². The zero-order valence-electron chi connectivity index (χ0n) is 11.6. The van der Waals surface area contributed by atoms with Crippen molar-refractivity contribution in [2.75, 3.05) is 0 Å². The molecule has 0 spiro atoms. The highest BCUT2D eigenvalue weighted by atomic mass is 16.2. The molecule has 3 heteroatoms. The number of nitrogens with zero attached hydrogens (tertiary/aromatic N) is 2. The van der Waals surface area contributed by atoms with Gasteiger partial charge in [0.2, 0.25) is 5.91 Å². The first-order valence-electron chi connectivity index (χ1n) is 7.12. The minimum absolute atomic E-state index is 0.340. The van der Waals surface area contributed by atoms with Gasteiger partial charge in [-0.3, -0.25) is 4.79 Å². The van der Waals surface area contributed by atoms with E-state index in [-0.39, 0.29) is 0 Å². The third kappa shape index (κ3) is 3.37. The number of rotatable bonds is 7. The third-order valence-corrected chi connectivity index (χ3v) is 3.69. The maximum atomic E-state index is 12.3. The summed E-state index contributed by atoms with van der Waals surface area (Å²) in [4.78, 5) is 14.3. The highest BCUT2D eigenvalue weighted by Gasteiger charge is 2.32. The van der Waals surface area contributed by atoms with Gasteiger partial charge in [0.15, 0.2) is 0 Å². The van der Waals surface area contributed by atoms with E-state index in [0.717, 1.165) is 25.8 Å². The first-order valence-corrected chi connectivity index (χ1v) is 7.12. The standard InChI is InChI=1S/C15H24N2O/c1-3-4-5-8-15(18)17(13-9-10-13)12-14-7-6-11-16(14)2/h6-7,11,13H,3-5,8-10,12H2,1-2H3. The Balaban J connectivity index is 1.91. The number of aromatic nitrogens is 1. The van der Waals surface area contributed by atoms with Crippen molar-refractivity contribution in [1.29, 1.82) is 0 Å². The molecule has 0 atom stereocenters. The SMILES string of the molecule is CCCCCC(=O)N(Cc1cccn1C)C1CC1. The van der Waals surface area contributed by atoms with Crippen LogP contribution in [0.2, 0.25) is 0 Å².